The fourth-order valence-corrected chi connectivity index (χ4v) is 3.51. The Morgan fingerprint density at radius 3 is 2.83 bits per heavy atom. The normalized spacial score (nSPS) is 21.7. The third-order valence-electron chi connectivity index (χ3n) is 4.48. The smallest absolute Gasteiger partial charge is 0.139 e. The number of nitrogens with two attached hydrogens (primary N) is 1. The van der Waals surface area contributed by atoms with Crippen molar-refractivity contribution in [1.82, 2.24) is 4.98 Å². The summed E-state index contributed by atoms with van der Waals surface area (Å²) in [4.78, 5) is 6.76. The molecule has 1 aliphatic carbocycles. The van der Waals surface area contributed by atoms with Crippen molar-refractivity contribution in [3.63, 3.8) is 0 Å². The molecule has 0 unspecified atom stereocenters. The van der Waals surface area contributed by atoms with Crippen molar-refractivity contribution in [1.29, 1.82) is 5.41 Å². The number of hydrogen-bond donors (Lipinski definition) is 2. The summed E-state index contributed by atoms with van der Waals surface area (Å²) in [6, 6.07) is 3.74. The quantitative estimate of drug-likeness (QED) is 0.618. The molecule has 2 fully saturated rings. The van der Waals surface area contributed by atoms with Crippen LogP contribution in [0.4, 0.5) is 5.82 Å². The summed E-state index contributed by atoms with van der Waals surface area (Å²) in [6.45, 7) is 2.14. The Morgan fingerprint density at radius 2 is 2.11 bits per heavy atom. The predicted molar refractivity (Wildman–Crippen MR) is 73.0 cm³/mol. The molecular weight excluding hydrogens is 224 g/mol. The standard InChI is InChI=1S/C14H20N4/c15-12(16)11-4-3-8-17-13(11)18-9-7-14(10-18)5-1-2-6-14/h3-4,8H,1-2,5-7,9-10H2,(H3,15,16). The summed E-state index contributed by atoms with van der Waals surface area (Å²) >= 11 is 0. The molecule has 3 N–H and O–H groups in total. The van der Waals surface area contributed by atoms with Gasteiger partial charge in [-0.15, -0.1) is 0 Å². The molecule has 1 spiro atoms. The molecule has 4 nitrogen and oxygen atoms in total. The number of rotatable bonds is 2. The summed E-state index contributed by atoms with van der Waals surface area (Å²) in [5.41, 5.74) is 6.93. The van der Waals surface area contributed by atoms with Gasteiger partial charge in [-0.2, -0.15) is 0 Å². The third kappa shape index (κ3) is 1.85. The molecule has 0 aromatic carbocycles. The van der Waals surface area contributed by atoms with E-state index in [0.717, 1.165) is 24.5 Å². The summed E-state index contributed by atoms with van der Waals surface area (Å²) in [6.07, 6.45) is 8.51. The first kappa shape index (κ1) is 11.5. The van der Waals surface area contributed by atoms with Crippen LogP contribution < -0.4 is 10.6 Å². The maximum Gasteiger partial charge on any atom is 0.139 e. The first-order valence-corrected chi connectivity index (χ1v) is 6.75. The first-order chi connectivity index (χ1) is 8.70. The van der Waals surface area contributed by atoms with E-state index in [1.54, 1.807) is 6.20 Å². The van der Waals surface area contributed by atoms with Gasteiger partial charge in [0.05, 0.1) is 5.56 Å². The van der Waals surface area contributed by atoms with Crippen LogP contribution in [0.15, 0.2) is 18.3 Å². The van der Waals surface area contributed by atoms with Crippen LogP contribution in [-0.4, -0.2) is 23.9 Å². The van der Waals surface area contributed by atoms with E-state index < -0.39 is 0 Å². The van der Waals surface area contributed by atoms with Crippen molar-refractivity contribution in [2.75, 3.05) is 18.0 Å². The maximum atomic E-state index is 7.65. The number of pyridine rings is 1. The van der Waals surface area contributed by atoms with E-state index in [1.807, 2.05) is 12.1 Å². The van der Waals surface area contributed by atoms with Gasteiger partial charge in [0.1, 0.15) is 11.7 Å². The molecule has 0 radical (unpaired) electrons. The molecule has 1 saturated heterocycles. The van der Waals surface area contributed by atoms with Crippen LogP contribution in [0.1, 0.15) is 37.7 Å². The molecule has 96 valence electrons. The number of nitrogens with zero attached hydrogens (tertiary/aromatic N) is 2. The van der Waals surface area contributed by atoms with E-state index in [-0.39, 0.29) is 5.84 Å². The van der Waals surface area contributed by atoms with Crippen molar-refractivity contribution < 1.29 is 0 Å². The number of nitrogen functional groups attached to an aromatic ring is 1. The lowest BCUT2D eigenvalue weighted by Crippen LogP contribution is -2.28. The second-order valence-corrected chi connectivity index (χ2v) is 5.67. The Balaban J connectivity index is 1.86. The van der Waals surface area contributed by atoms with Crippen LogP contribution in [0.25, 0.3) is 0 Å². The molecule has 0 atom stereocenters. The topological polar surface area (TPSA) is 66.0 Å². The zero-order valence-corrected chi connectivity index (χ0v) is 10.7. The molecule has 18 heavy (non-hydrogen) atoms. The SMILES string of the molecule is N=C(N)c1cccnc1N1CCC2(CCCC2)C1. The van der Waals surface area contributed by atoms with Gasteiger partial charge in [-0.05, 0) is 36.8 Å². The highest BCUT2D eigenvalue weighted by Crippen LogP contribution is 2.46. The molecule has 4 heteroatoms. The Morgan fingerprint density at radius 1 is 1.33 bits per heavy atom. The van der Waals surface area contributed by atoms with Crippen molar-refractivity contribution >= 4 is 11.7 Å². The Hall–Kier alpha value is -1.58. The van der Waals surface area contributed by atoms with Crippen LogP contribution in [0.5, 0.6) is 0 Å². The maximum absolute atomic E-state index is 7.65. The summed E-state index contributed by atoms with van der Waals surface area (Å²) < 4.78 is 0. The minimum atomic E-state index is 0.116. The lowest BCUT2D eigenvalue weighted by Gasteiger charge is -2.25. The Kier molecular flexibility index (Phi) is 2.73. The zero-order chi connectivity index (χ0) is 12.6. The lowest BCUT2D eigenvalue weighted by molar-refractivity contribution is 0.340. The van der Waals surface area contributed by atoms with E-state index in [1.165, 1.54) is 32.1 Å². The van der Waals surface area contributed by atoms with E-state index in [2.05, 4.69) is 9.88 Å². The van der Waals surface area contributed by atoms with Crippen molar-refractivity contribution in [2.45, 2.75) is 32.1 Å². The van der Waals surface area contributed by atoms with Gasteiger partial charge in [-0.1, -0.05) is 12.8 Å². The van der Waals surface area contributed by atoms with Crippen LogP contribution in [0.2, 0.25) is 0 Å². The van der Waals surface area contributed by atoms with E-state index in [4.69, 9.17) is 11.1 Å². The van der Waals surface area contributed by atoms with E-state index in [0.29, 0.717) is 5.41 Å². The fraction of sp³-hybridized carbons (Fsp3) is 0.571. The first-order valence-electron chi connectivity index (χ1n) is 6.75. The number of amidine groups is 1. The molecule has 1 aliphatic heterocycles. The van der Waals surface area contributed by atoms with Gasteiger partial charge in [0, 0.05) is 19.3 Å². The summed E-state index contributed by atoms with van der Waals surface area (Å²) in [5, 5.41) is 7.65. The van der Waals surface area contributed by atoms with Crippen LogP contribution in [0.3, 0.4) is 0 Å². The Labute approximate surface area is 108 Å². The molecule has 0 amide bonds. The number of anilines is 1. The third-order valence-corrected chi connectivity index (χ3v) is 4.48. The van der Waals surface area contributed by atoms with Crippen LogP contribution in [-0.2, 0) is 0 Å². The van der Waals surface area contributed by atoms with Gasteiger partial charge in [-0.3, -0.25) is 5.41 Å². The zero-order valence-electron chi connectivity index (χ0n) is 10.7. The Bertz CT molecular complexity index is 463. The molecule has 0 bridgehead atoms. The van der Waals surface area contributed by atoms with E-state index in [9.17, 15) is 0 Å². The van der Waals surface area contributed by atoms with E-state index >= 15 is 0 Å². The van der Waals surface area contributed by atoms with Gasteiger partial charge in [0.15, 0.2) is 0 Å². The number of aromatic nitrogens is 1. The minimum absolute atomic E-state index is 0.116. The number of hydrogen-bond acceptors (Lipinski definition) is 3. The highest BCUT2D eigenvalue weighted by Gasteiger charge is 2.41. The van der Waals surface area contributed by atoms with Gasteiger partial charge in [-0.25, -0.2) is 4.98 Å². The monoisotopic (exact) mass is 244 g/mol. The van der Waals surface area contributed by atoms with Gasteiger partial charge < -0.3 is 10.6 Å². The summed E-state index contributed by atoms with van der Waals surface area (Å²) in [7, 11) is 0. The molecule has 1 aromatic heterocycles. The molecule has 1 aromatic rings. The van der Waals surface area contributed by atoms with Crippen LogP contribution >= 0.6 is 0 Å². The molecular formula is C14H20N4. The average molecular weight is 244 g/mol. The number of nitrogens with one attached hydrogen (secondary N) is 1. The van der Waals surface area contributed by atoms with Crippen molar-refractivity contribution in [3.8, 4) is 0 Å². The highest BCUT2D eigenvalue weighted by atomic mass is 15.2. The van der Waals surface area contributed by atoms with Crippen LogP contribution in [0, 0.1) is 10.8 Å². The lowest BCUT2D eigenvalue weighted by atomic mass is 9.86. The highest BCUT2D eigenvalue weighted by molar-refractivity contribution is 5.99. The van der Waals surface area contributed by atoms with Gasteiger partial charge in [0.2, 0.25) is 0 Å². The molecule has 3 rings (SSSR count). The second kappa shape index (κ2) is 4.26. The van der Waals surface area contributed by atoms with Crippen molar-refractivity contribution in [3.05, 3.63) is 23.9 Å². The fourth-order valence-electron chi connectivity index (χ4n) is 3.51. The second-order valence-electron chi connectivity index (χ2n) is 5.67. The van der Waals surface area contributed by atoms with Crippen molar-refractivity contribution in [2.24, 2.45) is 11.1 Å². The largest absolute Gasteiger partial charge is 0.384 e. The predicted octanol–water partition coefficient (Wildman–Crippen LogP) is 2.14. The molecule has 2 aliphatic rings. The van der Waals surface area contributed by atoms with Gasteiger partial charge in [0.25, 0.3) is 0 Å². The molecule has 2 heterocycles. The summed E-state index contributed by atoms with van der Waals surface area (Å²) in [5.74, 6) is 1.01. The average Bonchev–Trinajstić information content (AvgIpc) is 3.00. The van der Waals surface area contributed by atoms with Gasteiger partial charge >= 0.3 is 0 Å². The minimum Gasteiger partial charge on any atom is -0.384 e. The molecule has 1 saturated carbocycles.